The van der Waals surface area contributed by atoms with Crippen molar-refractivity contribution < 1.29 is 5.11 Å². The fourth-order valence-electron chi connectivity index (χ4n) is 2.03. The minimum absolute atomic E-state index is 0.0568. The summed E-state index contributed by atoms with van der Waals surface area (Å²) in [5, 5.41) is 10.5. The van der Waals surface area contributed by atoms with Crippen molar-refractivity contribution >= 4 is 11.8 Å². The van der Waals surface area contributed by atoms with Crippen molar-refractivity contribution in [3.8, 4) is 0 Å². The largest absolute Gasteiger partial charge is 0.388 e. The van der Waals surface area contributed by atoms with Crippen LogP contribution in [0.15, 0.2) is 53.7 Å². The van der Waals surface area contributed by atoms with Crippen molar-refractivity contribution in [2.75, 3.05) is 6.26 Å². The van der Waals surface area contributed by atoms with E-state index in [4.69, 9.17) is 0 Å². The zero-order chi connectivity index (χ0) is 13.0. The van der Waals surface area contributed by atoms with Crippen LogP contribution in [0.25, 0.3) is 0 Å². The molecule has 1 heterocycles. The van der Waals surface area contributed by atoms with Gasteiger partial charge in [0.25, 0.3) is 0 Å². The zero-order valence-corrected chi connectivity index (χ0v) is 11.4. The lowest BCUT2D eigenvalue weighted by atomic mass is 9.91. The molecule has 18 heavy (non-hydrogen) atoms. The molecule has 1 N–H and O–H groups in total. The molecule has 0 bridgehead atoms. The van der Waals surface area contributed by atoms with Crippen molar-refractivity contribution in [1.82, 2.24) is 4.98 Å². The van der Waals surface area contributed by atoms with Gasteiger partial charge in [-0.15, -0.1) is 11.8 Å². The molecule has 0 saturated carbocycles. The topological polar surface area (TPSA) is 33.1 Å². The van der Waals surface area contributed by atoms with E-state index >= 15 is 0 Å². The van der Waals surface area contributed by atoms with Gasteiger partial charge in [-0.25, -0.2) is 0 Å². The first kappa shape index (κ1) is 13.1. The summed E-state index contributed by atoms with van der Waals surface area (Å²) in [4.78, 5) is 5.14. The molecule has 0 saturated heterocycles. The number of aliphatic hydroxyl groups is 1. The molecule has 1 aromatic heterocycles. The van der Waals surface area contributed by atoms with Crippen LogP contribution in [0.2, 0.25) is 0 Å². The fraction of sp³-hybridized carbons (Fsp3) is 0.267. The Labute approximate surface area is 112 Å². The highest BCUT2D eigenvalue weighted by Gasteiger charge is 2.20. The van der Waals surface area contributed by atoms with E-state index in [0.29, 0.717) is 0 Å². The fourth-order valence-corrected chi connectivity index (χ4v) is 2.67. The van der Waals surface area contributed by atoms with Gasteiger partial charge in [-0.3, -0.25) is 4.98 Å². The molecule has 0 amide bonds. The van der Waals surface area contributed by atoms with Crippen LogP contribution in [0.4, 0.5) is 0 Å². The number of hydrogen-bond donors (Lipinski definition) is 1. The van der Waals surface area contributed by atoms with Crippen LogP contribution in [0, 0.1) is 0 Å². The molecule has 2 unspecified atom stereocenters. The highest BCUT2D eigenvalue weighted by molar-refractivity contribution is 7.98. The van der Waals surface area contributed by atoms with E-state index in [9.17, 15) is 5.11 Å². The van der Waals surface area contributed by atoms with Crippen LogP contribution in [0.1, 0.15) is 30.1 Å². The maximum Gasteiger partial charge on any atom is 0.0866 e. The SMILES string of the molecule is CSc1ccccc1C(O)C(C)c1ccncc1. The first-order chi connectivity index (χ1) is 8.74. The molecule has 0 aliphatic carbocycles. The quantitative estimate of drug-likeness (QED) is 0.851. The maximum absolute atomic E-state index is 10.5. The number of aromatic nitrogens is 1. The predicted octanol–water partition coefficient (Wildman–Crippen LogP) is 3.64. The molecule has 0 radical (unpaired) electrons. The third-order valence-electron chi connectivity index (χ3n) is 3.16. The summed E-state index contributed by atoms with van der Waals surface area (Å²) < 4.78 is 0. The van der Waals surface area contributed by atoms with Crippen LogP contribution in [-0.2, 0) is 0 Å². The third kappa shape index (κ3) is 2.74. The maximum atomic E-state index is 10.5. The van der Waals surface area contributed by atoms with E-state index in [0.717, 1.165) is 16.0 Å². The van der Waals surface area contributed by atoms with Crippen LogP contribution >= 0.6 is 11.8 Å². The number of rotatable bonds is 4. The molecule has 0 fully saturated rings. The Bertz CT molecular complexity index is 501. The Kier molecular flexibility index (Phi) is 4.39. The van der Waals surface area contributed by atoms with E-state index in [1.807, 2.05) is 49.6 Å². The predicted molar refractivity (Wildman–Crippen MR) is 75.8 cm³/mol. The Morgan fingerprint density at radius 1 is 1.11 bits per heavy atom. The Morgan fingerprint density at radius 3 is 2.44 bits per heavy atom. The van der Waals surface area contributed by atoms with Gasteiger partial charge in [0.1, 0.15) is 0 Å². The van der Waals surface area contributed by atoms with Gasteiger partial charge in [0.05, 0.1) is 6.10 Å². The first-order valence-corrected chi connectivity index (χ1v) is 7.17. The van der Waals surface area contributed by atoms with E-state index < -0.39 is 6.10 Å². The number of pyridine rings is 1. The summed E-state index contributed by atoms with van der Waals surface area (Å²) >= 11 is 1.66. The second-order valence-electron chi connectivity index (χ2n) is 4.26. The monoisotopic (exact) mass is 259 g/mol. The second-order valence-corrected chi connectivity index (χ2v) is 5.10. The average Bonchev–Trinajstić information content (AvgIpc) is 2.46. The van der Waals surface area contributed by atoms with E-state index in [-0.39, 0.29) is 5.92 Å². The number of thioether (sulfide) groups is 1. The Hall–Kier alpha value is -1.32. The molecule has 2 atom stereocenters. The highest BCUT2D eigenvalue weighted by atomic mass is 32.2. The lowest BCUT2D eigenvalue weighted by Gasteiger charge is -2.21. The molecular weight excluding hydrogens is 242 g/mol. The number of aliphatic hydroxyl groups excluding tert-OH is 1. The normalized spacial score (nSPS) is 14.2. The van der Waals surface area contributed by atoms with Crippen molar-refractivity contribution in [3.05, 3.63) is 59.9 Å². The van der Waals surface area contributed by atoms with Gasteiger partial charge in [0, 0.05) is 23.2 Å². The lowest BCUT2D eigenvalue weighted by Crippen LogP contribution is -2.08. The summed E-state index contributed by atoms with van der Waals surface area (Å²) in [6.45, 7) is 2.04. The van der Waals surface area contributed by atoms with Gasteiger partial charge >= 0.3 is 0 Å². The molecule has 2 nitrogen and oxygen atoms in total. The molecule has 0 aliphatic rings. The molecule has 94 valence electrons. The molecule has 2 aromatic rings. The van der Waals surface area contributed by atoms with Gasteiger partial charge in [-0.05, 0) is 35.6 Å². The van der Waals surface area contributed by atoms with Gasteiger partial charge < -0.3 is 5.11 Å². The third-order valence-corrected chi connectivity index (χ3v) is 3.97. The van der Waals surface area contributed by atoms with E-state index in [1.165, 1.54) is 0 Å². The lowest BCUT2D eigenvalue weighted by molar-refractivity contribution is 0.149. The molecule has 3 heteroatoms. The number of benzene rings is 1. The Morgan fingerprint density at radius 2 is 1.78 bits per heavy atom. The van der Waals surface area contributed by atoms with Crippen molar-refractivity contribution in [2.45, 2.75) is 23.8 Å². The van der Waals surface area contributed by atoms with Crippen LogP contribution in [0.3, 0.4) is 0 Å². The summed E-state index contributed by atoms with van der Waals surface area (Å²) in [6.07, 6.45) is 5.07. The van der Waals surface area contributed by atoms with E-state index in [2.05, 4.69) is 4.98 Å². The number of hydrogen-bond acceptors (Lipinski definition) is 3. The number of nitrogens with zero attached hydrogens (tertiary/aromatic N) is 1. The molecule has 2 rings (SSSR count). The summed E-state index contributed by atoms with van der Waals surface area (Å²) in [5.41, 5.74) is 2.10. The summed E-state index contributed by atoms with van der Waals surface area (Å²) in [5.74, 6) is 0.0568. The van der Waals surface area contributed by atoms with Crippen molar-refractivity contribution in [3.63, 3.8) is 0 Å². The first-order valence-electron chi connectivity index (χ1n) is 5.95. The van der Waals surface area contributed by atoms with Crippen molar-refractivity contribution in [2.24, 2.45) is 0 Å². The molecule has 0 spiro atoms. The van der Waals surface area contributed by atoms with Crippen LogP contribution in [-0.4, -0.2) is 16.3 Å². The van der Waals surface area contributed by atoms with Gasteiger partial charge in [-0.2, -0.15) is 0 Å². The standard InChI is InChI=1S/C15H17NOS/c1-11(12-7-9-16-10-8-12)15(17)13-5-3-4-6-14(13)18-2/h3-11,15,17H,1-2H3. The second kappa shape index (κ2) is 6.03. The van der Waals surface area contributed by atoms with E-state index in [1.54, 1.807) is 24.2 Å². The minimum atomic E-state index is -0.490. The van der Waals surface area contributed by atoms with Gasteiger partial charge in [0.15, 0.2) is 0 Å². The summed E-state index contributed by atoms with van der Waals surface area (Å²) in [6, 6.07) is 11.9. The van der Waals surface area contributed by atoms with Gasteiger partial charge in [-0.1, -0.05) is 25.1 Å². The summed E-state index contributed by atoms with van der Waals surface area (Å²) in [7, 11) is 0. The highest BCUT2D eigenvalue weighted by Crippen LogP contribution is 2.34. The van der Waals surface area contributed by atoms with Crippen LogP contribution in [0.5, 0.6) is 0 Å². The smallest absolute Gasteiger partial charge is 0.0866 e. The van der Waals surface area contributed by atoms with Crippen LogP contribution < -0.4 is 0 Å². The minimum Gasteiger partial charge on any atom is -0.388 e. The van der Waals surface area contributed by atoms with Crippen molar-refractivity contribution in [1.29, 1.82) is 0 Å². The molecular formula is C15H17NOS. The Balaban J connectivity index is 2.28. The average molecular weight is 259 g/mol. The van der Waals surface area contributed by atoms with Gasteiger partial charge in [0.2, 0.25) is 0 Å². The molecule has 1 aromatic carbocycles. The molecule has 0 aliphatic heterocycles. The zero-order valence-electron chi connectivity index (χ0n) is 10.6.